The minimum Gasteiger partial charge on any atom is -0.507 e. The summed E-state index contributed by atoms with van der Waals surface area (Å²) in [6.07, 6.45) is -4.89. The lowest BCUT2D eigenvalue weighted by Crippen LogP contribution is -2.22. The molecule has 0 aromatic heterocycles. The molecular formula is C8H4BrF3O2. The predicted molar refractivity (Wildman–Crippen MR) is 46.2 cm³/mol. The number of benzene rings is 1. The fourth-order valence-electron chi connectivity index (χ4n) is 0.812. The van der Waals surface area contributed by atoms with E-state index in [1.807, 2.05) is 0 Å². The van der Waals surface area contributed by atoms with Crippen LogP contribution in [0.3, 0.4) is 0 Å². The Morgan fingerprint density at radius 2 is 1.93 bits per heavy atom. The molecule has 0 saturated heterocycles. The van der Waals surface area contributed by atoms with E-state index in [0.29, 0.717) is 0 Å². The zero-order chi connectivity index (χ0) is 10.9. The van der Waals surface area contributed by atoms with E-state index >= 15 is 0 Å². The Kier molecular flexibility index (Phi) is 2.84. The van der Waals surface area contributed by atoms with Crippen LogP contribution < -0.4 is 0 Å². The van der Waals surface area contributed by atoms with Crippen LogP contribution in [-0.2, 0) is 0 Å². The van der Waals surface area contributed by atoms with Crippen molar-refractivity contribution in [2.75, 3.05) is 0 Å². The molecule has 0 fully saturated rings. The van der Waals surface area contributed by atoms with Crippen molar-refractivity contribution >= 4 is 21.7 Å². The molecule has 76 valence electrons. The third-order valence-corrected chi connectivity index (χ3v) is 2.10. The molecule has 0 radical (unpaired) electrons. The molecule has 14 heavy (non-hydrogen) atoms. The van der Waals surface area contributed by atoms with Crippen LogP contribution in [0.2, 0.25) is 0 Å². The van der Waals surface area contributed by atoms with Gasteiger partial charge in [-0.1, -0.05) is 0 Å². The number of rotatable bonds is 1. The maximum Gasteiger partial charge on any atom is 0.454 e. The summed E-state index contributed by atoms with van der Waals surface area (Å²) >= 11 is 2.81. The van der Waals surface area contributed by atoms with Crippen LogP contribution in [-0.4, -0.2) is 17.1 Å². The van der Waals surface area contributed by atoms with Gasteiger partial charge in [0.15, 0.2) is 0 Å². The Bertz CT molecular complexity index is 373. The van der Waals surface area contributed by atoms with E-state index < -0.39 is 17.5 Å². The van der Waals surface area contributed by atoms with Crippen LogP contribution in [0.4, 0.5) is 13.2 Å². The lowest BCUT2D eigenvalue weighted by Gasteiger charge is -2.05. The fraction of sp³-hybridized carbons (Fsp3) is 0.125. The Hall–Kier alpha value is -1.04. The van der Waals surface area contributed by atoms with Gasteiger partial charge in [-0.05, 0) is 34.1 Å². The van der Waals surface area contributed by atoms with Crippen molar-refractivity contribution in [2.45, 2.75) is 6.18 Å². The number of phenolic OH excluding ortho intramolecular Hbond substituents is 1. The number of halogens is 4. The number of carbonyl (C=O) groups is 1. The van der Waals surface area contributed by atoms with Crippen molar-refractivity contribution in [1.82, 2.24) is 0 Å². The highest BCUT2D eigenvalue weighted by Gasteiger charge is 2.39. The Morgan fingerprint density at radius 1 is 1.36 bits per heavy atom. The highest BCUT2D eigenvalue weighted by atomic mass is 79.9. The zero-order valence-electron chi connectivity index (χ0n) is 6.60. The SMILES string of the molecule is O=C(c1ccc(O)c(Br)c1)C(F)(F)F. The number of hydrogen-bond donors (Lipinski definition) is 1. The molecule has 0 atom stereocenters. The Labute approximate surface area is 85.5 Å². The summed E-state index contributed by atoms with van der Waals surface area (Å²) in [5, 5.41) is 8.99. The van der Waals surface area contributed by atoms with Gasteiger partial charge in [0.05, 0.1) is 4.47 Å². The largest absolute Gasteiger partial charge is 0.507 e. The van der Waals surface area contributed by atoms with Crippen molar-refractivity contribution < 1.29 is 23.1 Å². The summed E-state index contributed by atoms with van der Waals surface area (Å²) in [6.45, 7) is 0. The van der Waals surface area contributed by atoms with Gasteiger partial charge in [-0.3, -0.25) is 4.79 Å². The van der Waals surface area contributed by atoms with E-state index in [9.17, 15) is 18.0 Å². The summed E-state index contributed by atoms with van der Waals surface area (Å²) in [7, 11) is 0. The summed E-state index contributed by atoms with van der Waals surface area (Å²) in [4.78, 5) is 10.7. The summed E-state index contributed by atoms with van der Waals surface area (Å²) in [5.41, 5.74) is -0.512. The molecule has 0 unspecified atom stereocenters. The first kappa shape index (κ1) is 11.0. The molecule has 0 spiro atoms. The molecular weight excluding hydrogens is 265 g/mol. The fourth-order valence-corrected chi connectivity index (χ4v) is 1.19. The highest BCUT2D eigenvalue weighted by Crippen LogP contribution is 2.28. The van der Waals surface area contributed by atoms with Crippen LogP contribution in [0.15, 0.2) is 22.7 Å². The molecule has 2 nitrogen and oxygen atoms in total. The number of ketones is 1. The number of aromatic hydroxyl groups is 1. The molecule has 1 N–H and O–H groups in total. The van der Waals surface area contributed by atoms with Crippen LogP contribution in [0.25, 0.3) is 0 Å². The van der Waals surface area contributed by atoms with Gasteiger partial charge in [-0.15, -0.1) is 0 Å². The third kappa shape index (κ3) is 2.25. The van der Waals surface area contributed by atoms with Crippen LogP contribution >= 0.6 is 15.9 Å². The maximum absolute atomic E-state index is 11.9. The van der Waals surface area contributed by atoms with Crippen molar-refractivity contribution in [3.05, 3.63) is 28.2 Å². The number of carbonyl (C=O) groups excluding carboxylic acids is 1. The van der Waals surface area contributed by atoms with Crippen molar-refractivity contribution in [1.29, 1.82) is 0 Å². The Morgan fingerprint density at radius 3 is 2.36 bits per heavy atom. The van der Waals surface area contributed by atoms with Gasteiger partial charge >= 0.3 is 6.18 Å². The first-order valence-electron chi connectivity index (χ1n) is 3.42. The first-order valence-corrected chi connectivity index (χ1v) is 4.21. The van der Waals surface area contributed by atoms with E-state index in [4.69, 9.17) is 5.11 Å². The van der Waals surface area contributed by atoms with E-state index in [-0.39, 0.29) is 10.2 Å². The molecule has 1 aromatic carbocycles. The van der Waals surface area contributed by atoms with Crippen LogP contribution in [0.1, 0.15) is 10.4 Å². The normalized spacial score (nSPS) is 11.4. The second-order valence-corrected chi connectivity index (χ2v) is 3.35. The minimum absolute atomic E-state index is 0.0487. The highest BCUT2D eigenvalue weighted by molar-refractivity contribution is 9.10. The van der Waals surface area contributed by atoms with E-state index in [1.54, 1.807) is 0 Å². The van der Waals surface area contributed by atoms with E-state index in [1.165, 1.54) is 0 Å². The first-order chi connectivity index (χ1) is 6.32. The lowest BCUT2D eigenvalue weighted by molar-refractivity contribution is -0.0885. The van der Waals surface area contributed by atoms with Gasteiger partial charge in [0.2, 0.25) is 0 Å². The van der Waals surface area contributed by atoms with Gasteiger partial charge in [0.25, 0.3) is 5.78 Å². The van der Waals surface area contributed by atoms with Crippen LogP contribution in [0, 0.1) is 0 Å². The summed E-state index contributed by atoms with van der Waals surface area (Å²) < 4.78 is 35.9. The second kappa shape index (κ2) is 3.61. The minimum atomic E-state index is -4.89. The van der Waals surface area contributed by atoms with Crippen molar-refractivity contribution in [3.63, 3.8) is 0 Å². The Balaban J connectivity index is 3.10. The van der Waals surface area contributed by atoms with Gasteiger partial charge in [0.1, 0.15) is 5.75 Å². The summed E-state index contributed by atoms with van der Waals surface area (Å²) in [5.74, 6) is -2.15. The zero-order valence-corrected chi connectivity index (χ0v) is 8.19. The molecule has 0 aliphatic rings. The monoisotopic (exact) mass is 268 g/mol. The van der Waals surface area contributed by atoms with Crippen LogP contribution in [0.5, 0.6) is 5.75 Å². The maximum atomic E-state index is 11.9. The topological polar surface area (TPSA) is 37.3 Å². The van der Waals surface area contributed by atoms with E-state index in [0.717, 1.165) is 18.2 Å². The van der Waals surface area contributed by atoms with E-state index in [2.05, 4.69) is 15.9 Å². The number of hydrogen-bond acceptors (Lipinski definition) is 2. The number of alkyl halides is 3. The molecule has 0 amide bonds. The molecule has 0 bridgehead atoms. The van der Waals surface area contributed by atoms with Crippen molar-refractivity contribution in [2.24, 2.45) is 0 Å². The van der Waals surface area contributed by atoms with Gasteiger partial charge < -0.3 is 5.11 Å². The van der Waals surface area contributed by atoms with Crippen molar-refractivity contribution in [3.8, 4) is 5.75 Å². The molecule has 0 aliphatic carbocycles. The lowest BCUT2D eigenvalue weighted by atomic mass is 10.1. The number of phenols is 1. The molecule has 1 rings (SSSR count). The smallest absolute Gasteiger partial charge is 0.454 e. The molecule has 0 heterocycles. The molecule has 1 aromatic rings. The van der Waals surface area contributed by atoms with Gasteiger partial charge in [-0.25, -0.2) is 0 Å². The molecule has 6 heteroatoms. The predicted octanol–water partition coefficient (Wildman–Crippen LogP) is 2.90. The second-order valence-electron chi connectivity index (χ2n) is 2.49. The molecule has 0 saturated carbocycles. The average Bonchev–Trinajstić information content (AvgIpc) is 2.07. The van der Waals surface area contributed by atoms with Gasteiger partial charge in [0, 0.05) is 5.56 Å². The quantitative estimate of drug-likeness (QED) is 0.796. The standard InChI is InChI=1S/C8H4BrF3O2/c9-5-3-4(1-2-6(5)13)7(14)8(10,11)12/h1-3,13H. The average molecular weight is 269 g/mol. The molecule has 0 aliphatic heterocycles. The third-order valence-electron chi connectivity index (χ3n) is 1.47. The number of Topliss-reactive ketones (excluding diaryl/α,β-unsaturated/α-hetero) is 1. The van der Waals surface area contributed by atoms with Gasteiger partial charge in [-0.2, -0.15) is 13.2 Å². The summed E-state index contributed by atoms with van der Waals surface area (Å²) in [6, 6.07) is 2.85.